The number of carboxylic acids is 1. The summed E-state index contributed by atoms with van der Waals surface area (Å²) < 4.78 is 0. The van der Waals surface area contributed by atoms with E-state index in [0.29, 0.717) is 23.0 Å². The lowest BCUT2D eigenvalue weighted by Gasteiger charge is -2.16. The van der Waals surface area contributed by atoms with Gasteiger partial charge < -0.3 is 15.4 Å². The number of nitrogens with zero attached hydrogens (tertiary/aromatic N) is 1. The molecule has 1 unspecified atom stereocenters. The second kappa shape index (κ2) is 5.73. The van der Waals surface area contributed by atoms with Gasteiger partial charge in [-0.25, -0.2) is 9.78 Å². The second-order valence-corrected chi connectivity index (χ2v) is 5.10. The van der Waals surface area contributed by atoms with Crippen LogP contribution in [-0.4, -0.2) is 33.0 Å². The highest BCUT2D eigenvalue weighted by molar-refractivity contribution is 6.06. The lowest BCUT2D eigenvalue weighted by atomic mass is 10.0. The first-order valence-corrected chi connectivity index (χ1v) is 6.44. The highest BCUT2D eigenvalue weighted by Gasteiger charge is 2.23. The molecule has 0 aliphatic carbocycles. The summed E-state index contributed by atoms with van der Waals surface area (Å²) in [5.74, 6) is -1.25. The Morgan fingerprint density at radius 1 is 1.45 bits per heavy atom. The highest BCUT2D eigenvalue weighted by atomic mass is 16.4. The van der Waals surface area contributed by atoms with Gasteiger partial charge in [-0.1, -0.05) is 13.8 Å². The number of H-pyrrole nitrogens is 1. The van der Waals surface area contributed by atoms with Crippen LogP contribution < -0.4 is 5.32 Å². The number of fused-ring (bicyclic) bond motifs is 1. The molecule has 1 amide bonds. The van der Waals surface area contributed by atoms with Gasteiger partial charge in [0.1, 0.15) is 11.7 Å². The zero-order valence-corrected chi connectivity index (χ0v) is 11.4. The summed E-state index contributed by atoms with van der Waals surface area (Å²) in [6.07, 6.45) is 3.56. The third-order valence-corrected chi connectivity index (χ3v) is 3.01. The molecule has 0 aliphatic rings. The van der Waals surface area contributed by atoms with Gasteiger partial charge in [0, 0.05) is 17.8 Å². The number of aliphatic carboxylic acids is 1. The molecule has 2 heterocycles. The molecule has 106 valence electrons. The monoisotopic (exact) mass is 275 g/mol. The maximum Gasteiger partial charge on any atom is 0.326 e. The molecule has 0 spiro atoms. The number of carbonyl (C=O) groups excluding carboxylic acids is 1. The second-order valence-electron chi connectivity index (χ2n) is 5.10. The molecule has 0 aromatic carbocycles. The topological polar surface area (TPSA) is 95.1 Å². The number of carboxylic acid groups (broad SMARTS) is 1. The van der Waals surface area contributed by atoms with Gasteiger partial charge in [0.15, 0.2) is 0 Å². The average molecular weight is 275 g/mol. The summed E-state index contributed by atoms with van der Waals surface area (Å²) in [6, 6.07) is 2.62. The van der Waals surface area contributed by atoms with E-state index in [2.05, 4.69) is 15.3 Å². The quantitative estimate of drug-likeness (QED) is 0.775. The lowest BCUT2D eigenvalue weighted by molar-refractivity contribution is -0.139. The fourth-order valence-corrected chi connectivity index (χ4v) is 2.07. The Balaban J connectivity index is 2.20. The first-order valence-electron chi connectivity index (χ1n) is 6.44. The van der Waals surface area contributed by atoms with E-state index in [-0.39, 0.29) is 5.92 Å². The van der Waals surface area contributed by atoms with Crippen molar-refractivity contribution < 1.29 is 14.7 Å². The van der Waals surface area contributed by atoms with Gasteiger partial charge in [-0.3, -0.25) is 4.79 Å². The summed E-state index contributed by atoms with van der Waals surface area (Å²) in [5.41, 5.74) is 1.01. The van der Waals surface area contributed by atoms with Crippen LogP contribution in [0.2, 0.25) is 0 Å². The molecule has 2 aromatic rings. The minimum Gasteiger partial charge on any atom is -0.480 e. The standard InChI is InChI=1S/C14H17N3O3/c1-8(2)6-11(14(19)20)17-13(18)10-7-16-12-9(10)4-3-5-15-12/h3-5,7-8,11H,6H2,1-2H3,(H,15,16)(H,17,18)(H,19,20). The zero-order chi connectivity index (χ0) is 14.7. The largest absolute Gasteiger partial charge is 0.480 e. The van der Waals surface area contributed by atoms with Gasteiger partial charge in [0.25, 0.3) is 5.91 Å². The van der Waals surface area contributed by atoms with E-state index in [9.17, 15) is 9.59 Å². The molecular formula is C14H17N3O3. The molecule has 0 saturated carbocycles. The smallest absolute Gasteiger partial charge is 0.326 e. The molecule has 2 aromatic heterocycles. The molecule has 0 fully saturated rings. The van der Waals surface area contributed by atoms with E-state index in [1.165, 1.54) is 0 Å². The van der Waals surface area contributed by atoms with Crippen molar-refractivity contribution in [1.82, 2.24) is 15.3 Å². The Morgan fingerprint density at radius 3 is 2.85 bits per heavy atom. The Morgan fingerprint density at radius 2 is 2.20 bits per heavy atom. The molecular weight excluding hydrogens is 258 g/mol. The summed E-state index contributed by atoms with van der Waals surface area (Å²) in [4.78, 5) is 30.4. The van der Waals surface area contributed by atoms with Crippen LogP contribution in [-0.2, 0) is 4.79 Å². The molecule has 2 rings (SSSR count). The first kappa shape index (κ1) is 14.0. The molecule has 3 N–H and O–H groups in total. The van der Waals surface area contributed by atoms with Gasteiger partial charge in [-0.2, -0.15) is 0 Å². The van der Waals surface area contributed by atoms with E-state index >= 15 is 0 Å². The molecule has 0 radical (unpaired) electrons. The molecule has 0 saturated heterocycles. The number of rotatable bonds is 5. The van der Waals surface area contributed by atoms with Gasteiger partial charge in [-0.15, -0.1) is 0 Å². The van der Waals surface area contributed by atoms with Gasteiger partial charge in [0.2, 0.25) is 0 Å². The Bertz CT molecular complexity index is 633. The number of pyridine rings is 1. The number of aromatic nitrogens is 2. The number of nitrogens with one attached hydrogen (secondary N) is 2. The summed E-state index contributed by atoms with van der Waals surface area (Å²) in [6.45, 7) is 3.83. The molecule has 0 bridgehead atoms. The van der Waals surface area contributed by atoms with Crippen molar-refractivity contribution in [2.45, 2.75) is 26.3 Å². The highest BCUT2D eigenvalue weighted by Crippen LogP contribution is 2.16. The van der Waals surface area contributed by atoms with Gasteiger partial charge >= 0.3 is 5.97 Å². The maximum atomic E-state index is 12.2. The van der Waals surface area contributed by atoms with Crippen LogP contribution in [0, 0.1) is 5.92 Å². The van der Waals surface area contributed by atoms with Crippen molar-refractivity contribution in [3.05, 3.63) is 30.1 Å². The van der Waals surface area contributed by atoms with Crippen molar-refractivity contribution in [2.75, 3.05) is 0 Å². The third-order valence-electron chi connectivity index (χ3n) is 3.01. The maximum absolute atomic E-state index is 12.2. The minimum absolute atomic E-state index is 0.182. The van der Waals surface area contributed by atoms with E-state index in [4.69, 9.17) is 5.11 Å². The van der Waals surface area contributed by atoms with Crippen molar-refractivity contribution in [3.63, 3.8) is 0 Å². The fourth-order valence-electron chi connectivity index (χ4n) is 2.07. The van der Waals surface area contributed by atoms with Crippen LogP contribution in [0.3, 0.4) is 0 Å². The van der Waals surface area contributed by atoms with Crippen LogP contribution in [0.5, 0.6) is 0 Å². The zero-order valence-electron chi connectivity index (χ0n) is 11.4. The molecule has 1 atom stereocenters. The van der Waals surface area contributed by atoms with Crippen LogP contribution >= 0.6 is 0 Å². The molecule has 6 nitrogen and oxygen atoms in total. The van der Waals surface area contributed by atoms with Crippen LogP contribution in [0.4, 0.5) is 0 Å². The van der Waals surface area contributed by atoms with Gasteiger partial charge in [-0.05, 0) is 24.5 Å². The number of hydrogen-bond acceptors (Lipinski definition) is 3. The van der Waals surface area contributed by atoms with Crippen molar-refractivity contribution >= 4 is 22.9 Å². The fraction of sp³-hybridized carbons (Fsp3) is 0.357. The Hall–Kier alpha value is -2.37. The SMILES string of the molecule is CC(C)CC(NC(=O)c1c[nH]c2ncccc12)C(=O)O. The van der Waals surface area contributed by atoms with E-state index in [1.54, 1.807) is 24.5 Å². The summed E-state index contributed by atoms with van der Waals surface area (Å²) in [7, 11) is 0. The summed E-state index contributed by atoms with van der Waals surface area (Å²) in [5, 5.41) is 12.4. The number of carbonyl (C=O) groups is 2. The molecule has 20 heavy (non-hydrogen) atoms. The van der Waals surface area contributed by atoms with Crippen molar-refractivity contribution in [3.8, 4) is 0 Å². The van der Waals surface area contributed by atoms with E-state index < -0.39 is 17.9 Å². The Kier molecular flexibility index (Phi) is 4.02. The number of amides is 1. The number of aromatic amines is 1. The first-order chi connectivity index (χ1) is 9.49. The van der Waals surface area contributed by atoms with Crippen molar-refractivity contribution in [1.29, 1.82) is 0 Å². The Labute approximate surface area is 116 Å². The number of hydrogen-bond donors (Lipinski definition) is 3. The minimum atomic E-state index is -1.02. The van der Waals surface area contributed by atoms with E-state index in [1.807, 2.05) is 13.8 Å². The van der Waals surface area contributed by atoms with Gasteiger partial charge in [0.05, 0.1) is 5.56 Å². The predicted molar refractivity (Wildman–Crippen MR) is 74.4 cm³/mol. The lowest BCUT2D eigenvalue weighted by Crippen LogP contribution is -2.41. The summed E-state index contributed by atoms with van der Waals surface area (Å²) >= 11 is 0. The molecule has 0 aliphatic heterocycles. The van der Waals surface area contributed by atoms with Crippen LogP contribution in [0.25, 0.3) is 11.0 Å². The van der Waals surface area contributed by atoms with Crippen LogP contribution in [0.1, 0.15) is 30.6 Å². The molecule has 6 heteroatoms. The average Bonchev–Trinajstić information content (AvgIpc) is 2.81. The van der Waals surface area contributed by atoms with Crippen LogP contribution in [0.15, 0.2) is 24.5 Å². The van der Waals surface area contributed by atoms with E-state index in [0.717, 1.165) is 0 Å². The van der Waals surface area contributed by atoms with Crippen molar-refractivity contribution in [2.24, 2.45) is 5.92 Å². The predicted octanol–water partition coefficient (Wildman–Crippen LogP) is 1.79. The normalized spacial score (nSPS) is 12.6. The third kappa shape index (κ3) is 2.96.